The van der Waals surface area contributed by atoms with Gasteiger partial charge in [-0.25, -0.2) is 4.68 Å². The van der Waals surface area contributed by atoms with Gasteiger partial charge in [0.15, 0.2) is 0 Å². The number of methoxy groups -OCH3 is 1. The van der Waals surface area contributed by atoms with Crippen LogP contribution in [0.4, 0.5) is 5.69 Å². The van der Waals surface area contributed by atoms with Gasteiger partial charge in [-0.05, 0) is 56.2 Å². The Bertz CT molecular complexity index is 928. The number of benzene rings is 2. The largest absolute Gasteiger partial charge is 0.495 e. The molecule has 0 bridgehead atoms. The van der Waals surface area contributed by atoms with Crippen molar-refractivity contribution < 1.29 is 9.53 Å². The van der Waals surface area contributed by atoms with Gasteiger partial charge in [0.25, 0.3) is 5.91 Å². The molecule has 128 valence electrons. The second kappa shape index (κ2) is 6.81. The van der Waals surface area contributed by atoms with Crippen LogP contribution < -0.4 is 10.1 Å². The molecule has 0 atom stereocenters. The SMILES string of the molecule is COc1ccc(C)cc1NC(=O)c1cnn(-c2cccc(C)c2)c1C. The van der Waals surface area contributed by atoms with Crippen LogP contribution >= 0.6 is 0 Å². The minimum Gasteiger partial charge on any atom is -0.495 e. The van der Waals surface area contributed by atoms with Gasteiger partial charge in [-0.2, -0.15) is 5.10 Å². The van der Waals surface area contributed by atoms with Gasteiger partial charge in [-0.3, -0.25) is 4.79 Å². The molecule has 0 spiro atoms. The van der Waals surface area contributed by atoms with E-state index in [0.717, 1.165) is 22.5 Å². The molecule has 0 aliphatic heterocycles. The lowest BCUT2D eigenvalue weighted by molar-refractivity contribution is 0.102. The fraction of sp³-hybridized carbons (Fsp3) is 0.200. The minimum atomic E-state index is -0.208. The Labute approximate surface area is 147 Å². The predicted octanol–water partition coefficient (Wildman–Crippen LogP) is 4.06. The molecule has 0 unspecified atom stereocenters. The first-order valence-corrected chi connectivity index (χ1v) is 8.07. The summed E-state index contributed by atoms with van der Waals surface area (Å²) in [6, 6.07) is 13.7. The first-order chi connectivity index (χ1) is 12.0. The number of carbonyl (C=O) groups is 1. The number of rotatable bonds is 4. The summed E-state index contributed by atoms with van der Waals surface area (Å²) < 4.78 is 7.09. The average Bonchev–Trinajstić information content (AvgIpc) is 2.97. The molecule has 2 aromatic carbocycles. The molecule has 0 aliphatic rings. The summed E-state index contributed by atoms with van der Waals surface area (Å²) in [5.74, 6) is 0.419. The zero-order chi connectivity index (χ0) is 18.0. The fourth-order valence-electron chi connectivity index (χ4n) is 2.76. The summed E-state index contributed by atoms with van der Waals surface area (Å²) in [6.45, 7) is 5.88. The normalized spacial score (nSPS) is 10.6. The molecule has 0 radical (unpaired) electrons. The fourth-order valence-corrected chi connectivity index (χ4v) is 2.76. The molecule has 0 saturated heterocycles. The van der Waals surface area contributed by atoms with Crippen LogP contribution in [-0.4, -0.2) is 22.8 Å². The lowest BCUT2D eigenvalue weighted by Crippen LogP contribution is -2.14. The van der Waals surface area contributed by atoms with Gasteiger partial charge in [0.05, 0.1) is 35.9 Å². The number of hydrogen-bond acceptors (Lipinski definition) is 3. The number of aryl methyl sites for hydroxylation is 2. The minimum absolute atomic E-state index is 0.208. The van der Waals surface area contributed by atoms with Crippen LogP contribution in [0.2, 0.25) is 0 Å². The summed E-state index contributed by atoms with van der Waals surface area (Å²) in [4.78, 5) is 12.7. The third-order valence-corrected chi connectivity index (χ3v) is 4.10. The molecule has 0 saturated carbocycles. The van der Waals surface area contributed by atoms with Crippen molar-refractivity contribution >= 4 is 11.6 Å². The van der Waals surface area contributed by atoms with E-state index in [9.17, 15) is 4.79 Å². The Balaban J connectivity index is 1.91. The van der Waals surface area contributed by atoms with Gasteiger partial charge in [0.1, 0.15) is 5.75 Å². The van der Waals surface area contributed by atoms with Gasteiger partial charge in [-0.15, -0.1) is 0 Å². The van der Waals surface area contributed by atoms with Crippen molar-refractivity contribution in [1.82, 2.24) is 9.78 Å². The molecule has 5 heteroatoms. The summed E-state index contributed by atoms with van der Waals surface area (Å²) in [5, 5.41) is 7.29. The maximum absolute atomic E-state index is 12.7. The van der Waals surface area contributed by atoms with Crippen molar-refractivity contribution in [3.05, 3.63) is 71.0 Å². The summed E-state index contributed by atoms with van der Waals surface area (Å²) in [5.41, 5.74) is 5.09. The topological polar surface area (TPSA) is 56.1 Å². The summed E-state index contributed by atoms with van der Waals surface area (Å²) >= 11 is 0. The number of aromatic nitrogens is 2. The number of hydrogen-bond donors (Lipinski definition) is 1. The third-order valence-electron chi connectivity index (χ3n) is 4.10. The molecular weight excluding hydrogens is 314 g/mol. The number of nitrogens with zero attached hydrogens (tertiary/aromatic N) is 2. The Morgan fingerprint density at radius 1 is 1.08 bits per heavy atom. The second-order valence-corrected chi connectivity index (χ2v) is 6.05. The average molecular weight is 335 g/mol. The third kappa shape index (κ3) is 3.40. The standard InChI is InChI=1S/C20H21N3O2/c1-13-6-5-7-16(10-13)23-15(3)17(12-21-23)20(24)22-18-11-14(2)8-9-19(18)25-4/h5-12H,1-4H3,(H,22,24). The van der Waals surface area contributed by atoms with Crippen LogP contribution in [0.5, 0.6) is 5.75 Å². The van der Waals surface area contributed by atoms with Crippen molar-refractivity contribution in [2.45, 2.75) is 20.8 Å². The molecule has 3 rings (SSSR count). The van der Waals surface area contributed by atoms with E-state index in [4.69, 9.17) is 4.74 Å². The summed E-state index contributed by atoms with van der Waals surface area (Å²) in [6.07, 6.45) is 1.59. The van der Waals surface area contributed by atoms with E-state index in [1.54, 1.807) is 18.0 Å². The van der Waals surface area contributed by atoms with E-state index in [2.05, 4.69) is 10.4 Å². The van der Waals surface area contributed by atoms with Crippen molar-refractivity contribution in [1.29, 1.82) is 0 Å². The highest BCUT2D eigenvalue weighted by Crippen LogP contribution is 2.26. The Morgan fingerprint density at radius 2 is 1.84 bits per heavy atom. The van der Waals surface area contributed by atoms with Gasteiger partial charge in [0, 0.05) is 0 Å². The monoisotopic (exact) mass is 335 g/mol. The van der Waals surface area contributed by atoms with Crippen LogP contribution in [0.25, 0.3) is 5.69 Å². The van der Waals surface area contributed by atoms with Crippen molar-refractivity contribution in [2.24, 2.45) is 0 Å². The molecule has 3 aromatic rings. The molecule has 25 heavy (non-hydrogen) atoms. The number of nitrogens with one attached hydrogen (secondary N) is 1. The molecule has 0 aliphatic carbocycles. The van der Waals surface area contributed by atoms with Gasteiger partial charge in [-0.1, -0.05) is 18.2 Å². The molecular formula is C20H21N3O2. The van der Waals surface area contributed by atoms with E-state index in [0.29, 0.717) is 17.0 Å². The lowest BCUT2D eigenvalue weighted by atomic mass is 10.2. The highest BCUT2D eigenvalue weighted by Gasteiger charge is 2.17. The Hall–Kier alpha value is -3.08. The molecule has 5 nitrogen and oxygen atoms in total. The maximum atomic E-state index is 12.7. The highest BCUT2D eigenvalue weighted by atomic mass is 16.5. The van der Waals surface area contributed by atoms with Crippen molar-refractivity contribution in [2.75, 3.05) is 12.4 Å². The van der Waals surface area contributed by atoms with Crippen LogP contribution in [0, 0.1) is 20.8 Å². The molecule has 1 N–H and O–H groups in total. The van der Waals surface area contributed by atoms with E-state index in [1.165, 1.54) is 0 Å². The Kier molecular flexibility index (Phi) is 4.57. The first kappa shape index (κ1) is 16.8. The maximum Gasteiger partial charge on any atom is 0.259 e. The Morgan fingerprint density at radius 3 is 2.56 bits per heavy atom. The van der Waals surface area contributed by atoms with Gasteiger partial charge < -0.3 is 10.1 Å². The van der Waals surface area contributed by atoms with Crippen molar-refractivity contribution in [3.63, 3.8) is 0 Å². The van der Waals surface area contributed by atoms with Crippen LogP contribution in [0.3, 0.4) is 0 Å². The van der Waals surface area contributed by atoms with Crippen molar-refractivity contribution in [3.8, 4) is 11.4 Å². The number of anilines is 1. The van der Waals surface area contributed by atoms with Gasteiger partial charge >= 0.3 is 0 Å². The number of amides is 1. The molecule has 0 fully saturated rings. The molecule has 1 amide bonds. The van der Waals surface area contributed by atoms with E-state index in [-0.39, 0.29) is 5.91 Å². The van der Waals surface area contributed by atoms with E-state index >= 15 is 0 Å². The second-order valence-electron chi connectivity index (χ2n) is 6.05. The smallest absolute Gasteiger partial charge is 0.259 e. The zero-order valence-corrected chi connectivity index (χ0v) is 14.8. The molecule has 1 aromatic heterocycles. The van der Waals surface area contributed by atoms with Crippen LogP contribution in [-0.2, 0) is 0 Å². The van der Waals surface area contributed by atoms with Crippen LogP contribution in [0.1, 0.15) is 27.2 Å². The highest BCUT2D eigenvalue weighted by molar-refractivity contribution is 6.05. The predicted molar refractivity (Wildman–Crippen MR) is 98.7 cm³/mol. The van der Waals surface area contributed by atoms with Crippen LogP contribution in [0.15, 0.2) is 48.7 Å². The van der Waals surface area contributed by atoms with E-state index in [1.807, 2.05) is 63.2 Å². The van der Waals surface area contributed by atoms with Gasteiger partial charge in [0.2, 0.25) is 0 Å². The summed E-state index contributed by atoms with van der Waals surface area (Å²) in [7, 11) is 1.58. The number of ether oxygens (including phenoxy) is 1. The van der Waals surface area contributed by atoms with E-state index < -0.39 is 0 Å². The molecule has 1 heterocycles. The quantitative estimate of drug-likeness (QED) is 0.782. The zero-order valence-electron chi connectivity index (χ0n) is 14.8. The first-order valence-electron chi connectivity index (χ1n) is 8.07. The lowest BCUT2D eigenvalue weighted by Gasteiger charge is -2.11. The number of carbonyl (C=O) groups excluding carboxylic acids is 1.